The molecule has 0 radical (unpaired) electrons. The van der Waals surface area contributed by atoms with Crippen molar-refractivity contribution in [2.45, 2.75) is 33.1 Å². The lowest BCUT2D eigenvalue weighted by Crippen LogP contribution is -2.48. The Bertz CT molecular complexity index is 566. The van der Waals surface area contributed by atoms with Crippen molar-refractivity contribution in [2.24, 2.45) is 5.84 Å². The van der Waals surface area contributed by atoms with Crippen LogP contribution in [0.1, 0.15) is 30.4 Å². The Balaban J connectivity index is 1.80. The molecule has 1 aromatic carbocycles. The Labute approximate surface area is 137 Å². The highest BCUT2D eigenvalue weighted by molar-refractivity contribution is 5.78. The second kappa shape index (κ2) is 7.97. The van der Waals surface area contributed by atoms with Crippen LogP contribution in [0.3, 0.4) is 0 Å². The molecule has 1 fully saturated rings. The van der Waals surface area contributed by atoms with E-state index >= 15 is 0 Å². The van der Waals surface area contributed by atoms with Gasteiger partial charge in [0.15, 0.2) is 0 Å². The van der Waals surface area contributed by atoms with Crippen molar-refractivity contribution in [1.82, 2.24) is 10.3 Å². The molecule has 0 unspecified atom stereocenters. The zero-order valence-corrected chi connectivity index (χ0v) is 14.0. The van der Waals surface area contributed by atoms with Crippen LogP contribution in [0.2, 0.25) is 0 Å². The number of nitrogens with zero attached hydrogens (tertiary/aromatic N) is 2. The van der Waals surface area contributed by atoms with E-state index in [0.29, 0.717) is 19.3 Å². The number of hydrogen-bond acceptors (Lipinski definition) is 4. The molecule has 6 heteroatoms. The van der Waals surface area contributed by atoms with Gasteiger partial charge in [-0.3, -0.25) is 15.0 Å². The van der Waals surface area contributed by atoms with E-state index in [1.165, 1.54) is 16.8 Å². The van der Waals surface area contributed by atoms with Crippen molar-refractivity contribution in [3.8, 4) is 0 Å². The van der Waals surface area contributed by atoms with E-state index in [-0.39, 0.29) is 11.8 Å². The van der Waals surface area contributed by atoms with E-state index in [9.17, 15) is 9.59 Å². The Hall–Kier alpha value is -2.08. The highest BCUT2D eigenvalue weighted by Gasteiger charge is 2.21. The minimum absolute atomic E-state index is 0.120. The summed E-state index contributed by atoms with van der Waals surface area (Å²) in [7, 11) is 0. The first-order valence-corrected chi connectivity index (χ1v) is 8.10. The van der Waals surface area contributed by atoms with Gasteiger partial charge >= 0.3 is 0 Å². The SMILES string of the molecule is Cc1ccc(N2CCN(C(=O)CCCC(=O)NN)CC2)cc1C. The van der Waals surface area contributed by atoms with Gasteiger partial charge in [-0.1, -0.05) is 6.07 Å². The Morgan fingerprint density at radius 1 is 1.09 bits per heavy atom. The first kappa shape index (κ1) is 17.3. The van der Waals surface area contributed by atoms with Crippen molar-refractivity contribution >= 4 is 17.5 Å². The lowest BCUT2D eigenvalue weighted by molar-refractivity contribution is -0.131. The molecule has 126 valence electrons. The molecule has 1 saturated heterocycles. The minimum Gasteiger partial charge on any atom is -0.368 e. The van der Waals surface area contributed by atoms with E-state index in [4.69, 9.17) is 5.84 Å². The normalized spacial score (nSPS) is 14.7. The summed E-state index contributed by atoms with van der Waals surface area (Å²) in [6, 6.07) is 6.49. The van der Waals surface area contributed by atoms with E-state index in [1.807, 2.05) is 4.90 Å². The molecule has 23 heavy (non-hydrogen) atoms. The number of carbonyl (C=O) groups is 2. The Morgan fingerprint density at radius 2 is 1.78 bits per heavy atom. The highest BCUT2D eigenvalue weighted by atomic mass is 16.2. The molecule has 6 nitrogen and oxygen atoms in total. The highest BCUT2D eigenvalue weighted by Crippen LogP contribution is 2.20. The van der Waals surface area contributed by atoms with Gasteiger partial charge in [-0.25, -0.2) is 5.84 Å². The molecule has 0 aliphatic carbocycles. The van der Waals surface area contributed by atoms with Crippen LogP contribution in [0.5, 0.6) is 0 Å². The number of rotatable bonds is 5. The van der Waals surface area contributed by atoms with Crippen LogP contribution in [0.15, 0.2) is 18.2 Å². The zero-order valence-electron chi connectivity index (χ0n) is 14.0. The Morgan fingerprint density at radius 3 is 2.39 bits per heavy atom. The second-order valence-electron chi connectivity index (χ2n) is 6.06. The largest absolute Gasteiger partial charge is 0.368 e. The maximum Gasteiger partial charge on any atom is 0.233 e. The van der Waals surface area contributed by atoms with E-state index in [2.05, 4.69) is 42.4 Å². The summed E-state index contributed by atoms with van der Waals surface area (Å²) in [6.07, 6.45) is 1.24. The molecule has 1 aliphatic rings. The van der Waals surface area contributed by atoms with Gasteiger partial charge in [0.25, 0.3) is 0 Å². The fourth-order valence-electron chi connectivity index (χ4n) is 2.77. The molecule has 2 amide bonds. The fourth-order valence-corrected chi connectivity index (χ4v) is 2.77. The molecule has 3 N–H and O–H groups in total. The van der Waals surface area contributed by atoms with Gasteiger partial charge in [-0.15, -0.1) is 0 Å². The summed E-state index contributed by atoms with van der Waals surface area (Å²) in [6.45, 7) is 7.38. The summed E-state index contributed by atoms with van der Waals surface area (Å²) >= 11 is 0. The maximum atomic E-state index is 12.2. The van der Waals surface area contributed by atoms with Crippen molar-refractivity contribution in [1.29, 1.82) is 0 Å². The van der Waals surface area contributed by atoms with Crippen molar-refractivity contribution in [3.63, 3.8) is 0 Å². The number of aryl methyl sites for hydroxylation is 2. The van der Waals surface area contributed by atoms with Gasteiger partial charge in [0.2, 0.25) is 11.8 Å². The Kier molecular flexibility index (Phi) is 5.98. The molecule has 0 aromatic heterocycles. The predicted molar refractivity (Wildman–Crippen MR) is 90.9 cm³/mol. The number of hydrogen-bond donors (Lipinski definition) is 2. The molecule has 0 spiro atoms. The van der Waals surface area contributed by atoms with Crippen LogP contribution < -0.4 is 16.2 Å². The van der Waals surface area contributed by atoms with Crippen molar-refractivity contribution in [3.05, 3.63) is 29.3 Å². The van der Waals surface area contributed by atoms with Gasteiger partial charge in [0.05, 0.1) is 0 Å². The van der Waals surface area contributed by atoms with Gasteiger partial charge in [0, 0.05) is 44.7 Å². The smallest absolute Gasteiger partial charge is 0.233 e. The van der Waals surface area contributed by atoms with E-state index < -0.39 is 0 Å². The third-order valence-electron chi connectivity index (χ3n) is 4.44. The molecule has 1 aliphatic heterocycles. The van der Waals surface area contributed by atoms with Gasteiger partial charge in [0.1, 0.15) is 0 Å². The summed E-state index contributed by atoms with van der Waals surface area (Å²) in [5.41, 5.74) is 5.89. The van der Waals surface area contributed by atoms with E-state index in [1.54, 1.807) is 0 Å². The number of piperazine rings is 1. The molecule has 1 heterocycles. The summed E-state index contributed by atoms with van der Waals surface area (Å²) in [4.78, 5) is 27.4. The zero-order chi connectivity index (χ0) is 16.8. The quantitative estimate of drug-likeness (QED) is 0.484. The van der Waals surface area contributed by atoms with Crippen LogP contribution >= 0.6 is 0 Å². The minimum atomic E-state index is -0.225. The van der Waals surface area contributed by atoms with Crippen molar-refractivity contribution < 1.29 is 9.59 Å². The first-order valence-electron chi connectivity index (χ1n) is 8.10. The topological polar surface area (TPSA) is 78.7 Å². The second-order valence-corrected chi connectivity index (χ2v) is 6.06. The third kappa shape index (κ3) is 4.69. The van der Waals surface area contributed by atoms with Crippen LogP contribution in [0.4, 0.5) is 5.69 Å². The van der Waals surface area contributed by atoms with Crippen LogP contribution in [0, 0.1) is 13.8 Å². The predicted octanol–water partition coefficient (Wildman–Crippen LogP) is 1.11. The van der Waals surface area contributed by atoms with Gasteiger partial charge in [-0.2, -0.15) is 0 Å². The molecule has 0 saturated carbocycles. The average molecular weight is 318 g/mol. The molecular weight excluding hydrogens is 292 g/mol. The summed E-state index contributed by atoms with van der Waals surface area (Å²) in [5, 5.41) is 0. The summed E-state index contributed by atoms with van der Waals surface area (Å²) in [5.74, 6) is 4.92. The van der Waals surface area contributed by atoms with Crippen LogP contribution in [-0.4, -0.2) is 42.9 Å². The first-order chi connectivity index (χ1) is 11.0. The lowest BCUT2D eigenvalue weighted by atomic mass is 10.1. The van der Waals surface area contributed by atoms with Crippen LogP contribution in [-0.2, 0) is 9.59 Å². The number of nitrogens with two attached hydrogens (primary N) is 1. The number of carbonyl (C=O) groups excluding carboxylic acids is 2. The number of hydrazine groups is 1. The standard InChI is InChI=1S/C17H26N4O2/c1-13-6-7-15(12-14(13)2)20-8-10-21(11-9-20)17(23)5-3-4-16(22)19-18/h6-7,12H,3-5,8-11,18H2,1-2H3,(H,19,22). The lowest BCUT2D eigenvalue weighted by Gasteiger charge is -2.36. The monoisotopic (exact) mass is 318 g/mol. The molecule has 0 atom stereocenters. The average Bonchev–Trinajstić information content (AvgIpc) is 2.57. The third-order valence-corrected chi connectivity index (χ3v) is 4.44. The number of nitrogens with one attached hydrogen (secondary N) is 1. The van der Waals surface area contributed by atoms with Crippen molar-refractivity contribution in [2.75, 3.05) is 31.1 Å². The maximum absolute atomic E-state index is 12.2. The molecule has 0 bridgehead atoms. The van der Waals surface area contributed by atoms with Gasteiger partial charge in [-0.05, 0) is 43.5 Å². The van der Waals surface area contributed by atoms with Crippen LogP contribution in [0.25, 0.3) is 0 Å². The van der Waals surface area contributed by atoms with Gasteiger partial charge < -0.3 is 9.80 Å². The molecular formula is C17H26N4O2. The number of anilines is 1. The van der Waals surface area contributed by atoms with E-state index in [0.717, 1.165) is 26.2 Å². The molecule has 2 rings (SSSR count). The summed E-state index contributed by atoms with van der Waals surface area (Å²) < 4.78 is 0. The molecule has 1 aromatic rings. The number of benzene rings is 1. The number of amides is 2. The fraction of sp³-hybridized carbons (Fsp3) is 0.529.